The minimum absolute atomic E-state index is 0.180. The summed E-state index contributed by atoms with van der Waals surface area (Å²) in [5.41, 5.74) is 2.24. The van der Waals surface area contributed by atoms with Crippen molar-refractivity contribution in [1.82, 2.24) is 0 Å². The normalized spacial score (nSPS) is 11.5. The van der Waals surface area contributed by atoms with Crippen molar-refractivity contribution < 1.29 is 17.8 Å². The number of fused-ring (bicyclic) bond motifs is 1. The van der Waals surface area contributed by atoms with Gasteiger partial charge in [0, 0.05) is 22.0 Å². The number of benzene rings is 3. The van der Waals surface area contributed by atoms with Gasteiger partial charge in [-0.05, 0) is 42.7 Å². The fraction of sp³-hybridized carbons (Fsp3) is 0.320. The van der Waals surface area contributed by atoms with Crippen LogP contribution in [-0.2, 0) is 16.5 Å². The fourth-order valence-corrected chi connectivity index (χ4v) is 4.43. The van der Waals surface area contributed by atoms with Crippen molar-refractivity contribution in [2.24, 2.45) is 0 Å². The molecule has 0 bridgehead atoms. The quantitative estimate of drug-likeness (QED) is 0.289. The Balaban J connectivity index is 1.67. The van der Waals surface area contributed by atoms with E-state index in [1.54, 1.807) is 24.3 Å². The fourth-order valence-electron chi connectivity index (χ4n) is 3.73. The van der Waals surface area contributed by atoms with Crippen molar-refractivity contribution >= 4 is 32.5 Å². The number of carbonyl (C=O) groups is 1. The molecular formula is C25H29NO4S. The van der Waals surface area contributed by atoms with Crippen LogP contribution in [-0.4, -0.2) is 18.9 Å². The summed E-state index contributed by atoms with van der Waals surface area (Å²) in [7, 11) is -4.36. The van der Waals surface area contributed by atoms with Gasteiger partial charge in [-0.25, -0.2) is 0 Å². The lowest BCUT2D eigenvalue weighted by atomic mass is 10.0. The lowest BCUT2D eigenvalue weighted by Gasteiger charge is -2.11. The van der Waals surface area contributed by atoms with Gasteiger partial charge in [0.05, 0.1) is 0 Å². The number of anilines is 1. The van der Waals surface area contributed by atoms with Crippen LogP contribution in [0, 0.1) is 0 Å². The number of nitrogens with one attached hydrogen (secondary N) is 1. The van der Waals surface area contributed by atoms with E-state index in [0.717, 1.165) is 12.8 Å². The molecule has 31 heavy (non-hydrogen) atoms. The summed E-state index contributed by atoms with van der Waals surface area (Å²) in [6, 6.07) is 17.2. The van der Waals surface area contributed by atoms with Crippen molar-refractivity contribution in [3.63, 3.8) is 0 Å². The molecule has 0 unspecified atom stereocenters. The Morgan fingerprint density at radius 2 is 1.48 bits per heavy atom. The van der Waals surface area contributed by atoms with Crippen LogP contribution in [0.1, 0.15) is 61.4 Å². The van der Waals surface area contributed by atoms with Crippen molar-refractivity contribution in [2.75, 3.05) is 5.32 Å². The summed E-state index contributed by atoms with van der Waals surface area (Å²) < 4.78 is 32.7. The second-order valence-corrected chi connectivity index (χ2v) is 9.19. The average molecular weight is 440 g/mol. The van der Waals surface area contributed by atoms with E-state index in [1.165, 1.54) is 49.8 Å². The van der Waals surface area contributed by atoms with E-state index in [4.69, 9.17) is 0 Å². The molecule has 5 nitrogen and oxygen atoms in total. The number of rotatable bonds is 10. The van der Waals surface area contributed by atoms with Gasteiger partial charge in [0.2, 0.25) is 0 Å². The van der Waals surface area contributed by atoms with E-state index >= 15 is 0 Å². The molecule has 3 rings (SSSR count). The largest absolute Gasteiger partial charge is 0.321 e. The number of carbonyl (C=O) groups excluding carboxylic acids is 1. The average Bonchev–Trinajstić information content (AvgIpc) is 2.76. The van der Waals surface area contributed by atoms with Gasteiger partial charge in [-0.1, -0.05) is 75.4 Å². The molecule has 0 saturated heterocycles. The first-order valence-corrected chi connectivity index (χ1v) is 12.2. The lowest BCUT2D eigenvalue weighted by molar-refractivity contribution is 0.102. The molecule has 0 spiro atoms. The number of hydrogen-bond donors (Lipinski definition) is 2. The molecule has 3 aromatic carbocycles. The molecule has 0 heterocycles. The number of aryl methyl sites for hydroxylation is 1. The topological polar surface area (TPSA) is 83.5 Å². The van der Waals surface area contributed by atoms with Crippen LogP contribution in [0.15, 0.2) is 65.6 Å². The number of hydrogen-bond acceptors (Lipinski definition) is 3. The summed E-state index contributed by atoms with van der Waals surface area (Å²) in [6.45, 7) is 2.22. The van der Waals surface area contributed by atoms with E-state index < -0.39 is 10.1 Å². The molecule has 0 aliphatic carbocycles. The monoisotopic (exact) mass is 439 g/mol. The Bertz CT molecular complexity index is 1140. The van der Waals surface area contributed by atoms with Gasteiger partial charge in [0.15, 0.2) is 0 Å². The molecule has 6 heteroatoms. The smallest absolute Gasteiger partial charge is 0.295 e. The Kier molecular flexibility index (Phi) is 7.82. The zero-order valence-corrected chi connectivity index (χ0v) is 18.6. The number of amides is 1. The SMILES string of the molecule is CCCCCCCCc1ccc(C(=O)Nc2ccc(S(=O)(=O)O)c3ccccc23)cc1. The maximum Gasteiger partial charge on any atom is 0.295 e. The minimum Gasteiger partial charge on any atom is -0.321 e. The van der Waals surface area contributed by atoms with Crippen LogP contribution in [0.4, 0.5) is 5.69 Å². The van der Waals surface area contributed by atoms with Crippen molar-refractivity contribution in [3.8, 4) is 0 Å². The summed E-state index contributed by atoms with van der Waals surface area (Å²) in [5, 5.41) is 3.76. The van der Waals surface area contributed by atoms with Gasteiger partial charge in [0.1, 0.15) is 4.90 Å². The second kappa shape index (κ2) is 10.6. The van der Waals surface area contributed by atoms with E-state index in [0.29, 0.717) is 22.0 Å². The molecular weight excluding hydrogens is 410 g/mol. The summed E-state index contributed by atoms with van der Waals surface area (Å²) >= 11 is 0. The van der Waals surface area contributed by atoms with Gasteiger partial charge in [-0.15, -0.1) is 0 Å². The zero-order chi connectivity index (χ0) is 22.3. The van der Waals surface area contributed by atoms with Crippen LogP contribution in [0.2, 0.25) is 0 Å². The van der Waals surface area contributed by atoms with Gasteiger partial charge in [0.25, 0.3) is 16.0 Å². The summed E-state index contributed by atoms with van der Waals surface area (Å²) in [6.07, 6.45) is 8.53. The third-order valence-electron chi connectivity index (χ3n) is 5.45. The van der Waals surface area contributed by atoms with Crippen molar-refractivity contribution in [1.29, 1.82) is 0 Å². The maximum absolute atomic E-state index is 12.7. The van der Waals surface area contributed by atoms with Crippen LogP contribution < -0.4 is 5.32 Å². The molecule has 0 atom stereocenters. The van der Waals surface area contributed by atoms with Gasteiger partial charge in [-0.2, -0.15) is 8.42 Å². The molecule has 3 aromatic rings. The van der Waals surface area contributed by atoms with Gasteiger partial charge >= 0.3 is 0 Å². The Morgan fingerprint density at radius 1 is 0.839 bits per heavy atom. The number of unbranched alkanes of at least 4 members (excludes halogenated alkanes) is 5. The van der Waals surface area contributed by atoms with E-state index in [-0.39, 0.29) is 10.8 Å². The van der Waals surface area contributed by atoms with Crippen molar-refractivity contribution in [3.05, 3.63) is 71.8 Å². The molecule has 0 aliphatic rings. The first-order valence-electron chi connectivity index (χ1n) is 10.8. The van der Waals surface area contributed by atoms with Gasteiger partial charge in [-0.3, -0.25) is 9.35 Å². The molecule has 0 aliphatic heterocycles. The predicted molar refractivity (Wildman–Crippen MR) is 125 cm³/mol. The highest BCUT2D eigenvalue weighted by molar-refractivity contribution is 7.86. The highest BCUT2D eigenvalue weighted by atomic mass is 32.2. The predicted octanol–water partition coefficient (Wildman–Crippen LogP) is 6.24. The minimum atomic E-state index is -4.36. The molecule has 1 amide bonds. The summed E-state index contributed by atoms with van der Waals surface area (Å²) in [4.78, 5) is 12.6. The molecule has 2 N–H and O–H groups in total. The molecule has 0 fully saturated rings. The Hall–Kier alpha value is -2.70. The van der Waals surface area contributed by atoms with Crippen molar-refractivity contribution in [2.45, 2.75) is 56.8 Å². The highest BCUT2D eigenvalue weighted by Gasteiger charge is 2.17. The Morgan fingerprint density at radius 3 is 2.16 bits per heavy atom. The van der Waals surface area contributed by atoms with E-state index in [1.807, 2.05) is 24.3 Å². The van der Waals surface area contributed by atoms with Crippen LogP contribution in [0.25, 0.3) is 10.8 Å². The zero-order valence-electron chi connectivity index (χ0n) is 17.8. The van der Waals surface area contributed by atoms with Crippen LogP contribution in [0.5, 0.6) is 0 Å². The molecule has 0 aromatic heterocycles. The third-order valence-corrected chi connectivity index (χ3v) is 6.36. The second-order valence-electron chi connectivity index (χ2n) is 7.80. The maximum atomic E-state index is 12.7. The molecule has 0 saturated carbocycles. The molecule has 164 valence electrons. The summed E-state index contributed by atoms with van der Waals surface area (Å²) in [5.74, 6) is -0.268. The van der Waals surface area contributed by atoms with E-state index in [2.05, 4.69) is 12.2 Å². The lowest BCUT2D eigenvalue weighted by Crippen LogP contribution is -2.12. The van der Waals surface area contributed by atoms with E-state index in [9.17, 15) is 17.8 Å². The first kappa shape index (κ1) is 23.0. The first-order chi connectivity index (χ1) is 14.9. The Labute approximate surface area is 184 Å². The van der Waals surface area contributed by atoms with Gasteiger partial charge < -0.3 is 5.32 Å². The standard InChI is InChI=1S/C25H29NO4S/c1-2-3-4-5-6-7-10-19-13-15-20(16-14-19)25(27)26-23-17-18-24(31(28,29)30)22-12-9-8-11-21(22)23/h8-9,11-18H,2-7,10H2,1H3,(H,26,27)(H,28,29,30). The van der Waals surface area contributed by atoms with Crippen LogP contribution in [0.3, 0.4) is 0 Å². The molecule has 0 radical (unpaired) electrons. The highest BCUT2D eigenvalue weighted by Crippen LogP contribution is 2.29. The third kappa shape index (κ3) is 6.15. The van der Waals surface area contributed by atoms with Crippen LogP contribution >= 0.6 is 0 Å².